The van der Waals surface area contributed by atoms with Crippen LogP contribution in [-0.2, 0) is 11.3 Å². The molecule has 1 fully saturated rings. The minimum absolute atomic E-state index is 0. The van der Waals surface area contributed by atoms with Crippen molar-refractivity contribution in [2.45, 2.75) is 31.9 Å². The van der Waals surface area contributed by atoms with Gasteiger partial charge in [0.2, 0.25) is 0 Å². The molecule has 1 unspecified atom stereocenters. The van der Waals surface area contributed by atoms with E-state index in [1.54, 1.807) is 13.2 Å². The molecule has 1 aromatic rings. The van der Waals surface area contributed by atoms with Crippen molar-refractivity contribution in [3.05, 3.63) is 18.0 Å². The van der Waals surface area contributed by atoms with Crippen molar-refractivity contribution in [2.75, 3.05) is 20.2 Å². The molecule has 0 saturated carbocycles. The molecule has 19 heavy (non-hydrogen) atoms. The summed E-state index contributed by atoms with van der Waals surface area (Å²) in [6.07, 6.45) is 3.97. The van der Waals surface area contributed by atoms with E-state index in [0.717, 1.165) is 37.6 Å². The maximum absolute atomic E-state index is 5.72. The van der Waals surface area contributed by atoms with E-state index in [1.807, 2.05) is 6.07 Å². The molecule has 0 aromatic carbocycles. The second-order valence-corrected chi connectivity index (χ2v) is 4.76. The molecule has 108 valence electrons. The molecule has 0 bridgehead atoms. The van der Waals surface area contributed by atoms with E-state index < -0.39 is 0 Å². The zero-order valence-electron chi connectivity index (χ0n) is 11.4. The number of aliphatic imine (C=N–C) groups is 1. The predicted octanol–water partition coefficient (Wildman–Crippen LogP) is 1.26. The number of halogens is 1. The topological polar surface area (TPSA) is 74.3 Å². The molecule has 1 atom stereocenters. The van der Waals surface area contributed by atoms with Crippen LogP contribution in [0.1, 0.15) is 25.5 Å². The van der Waals surface area contributed by atoms with Crippen LogP contribution in [0, 0.1) is 0 Å². The van der Waals surface area contributed by atoms with Crippen molar-refractivity contribution in [1.29, 1.82) is 0 Å². The van der Waals surface area contributed by atoms with Gasteiger partial charge in [-0.15, -0.1) is 24.0 Å². The highest BCUT2D eigenvalue weighted by Gasteiger charge is 2.29. The summed E-state index contributed by atoms with van der Waals surface area (Å²) in [6, 6.07) is 1.93. The van der Waals surface area contributed by atoms with Gasteiger partial charge in [0.15, 0.2) is 5.96 Å². The van der Waals surface area contributed by atoms with Crippen molar-refractivity contribution in [3.8, 4) is 0 Å². The fraction of sp³-hybridized carbons (Fsp3) is 0.667. The molecule has 2 heterocycles. The van der Waals surface area contributed by atoms with E-state index in [4.69, 9.17) is 4.74 Å². The second-order valence-electron chi connectivity index (χ2n) is 4.76. The number of ether oxygens (including phenoxy) is 1. The Kier molecular flexibility index (Phi) is 6.56. The predicted molar refractivity (Wildman–Crippen MR) is 85.8 cm³/mol. The average molecular weight is 379 g/mol. The molecule has 2 rings (SSSR count). The highest BCUT2D eigenvalue weighted by molar-refractivity contribution is 14.0. The number of rotatable bonds is 4. The first kappa shape index (κ1) is 16.2. The van der Waals surface area contributed by atoms with Crippen LogP contribution in [0.4, 0.5) is 0 Å². The Hall–Kier alpha value is -0.830. The number of hydrogen-bond donors (Lipinski definition) is 3. The van der Waals surface area contributed by atoms with Crippen LogP contribution in [0.5, 0.6) is 0 Å². The van der Waals surface area contributed by atoms with Crippen LogP contribution in [0.3, 0.4) is 0 Å². The lowest BCUT2D eigenvalue weighted by Crippen LogP contribution is -2.45. The zero-order chi connectivity index (χ0) is 12.8. The molecule has 0 amide bonds. The Morgan fingerprint density at radius 3 is 3.00 bits per heavy atom. The van der Waals surface area contributed by atoms with E-state index in [1.165, 1.54) is 0 Å². The second kappa shape index (κ2) is 7.68. The number of aromatic nitrogens is 2. The number of nitrogens with zero attached hydrogens (tertiary/aromatic N) is 2. The fourth-order valence-electron chi connectivity index (χ4n) is 2.03. The molecule has 1 aromatic heterocycles. The van der Waals surface area contributed by atoms with Gasteiger partial charge in [0.05, 0.1) is 17.8 Å². The summed E-state index contributed by atoms with van der Waals surface area (Å²) in [6.45, 7) is 4.44. The highest BCUT2D eigenvalue weighted by atomic mass is 127. The van der Waals surface area contributed by atoms with Gasteiger partial charge in [-0.2, -0.15) is 5.10 Å². The molecule has 6 nitrogen and oxygen atoms in total. The lowest BCUT2D eigenvalue weighted by molar-refractivity contribution is 0.0243. The van der Waals surface area contributed by atoms with Crippen LogP contribution in [0.25, 0.3) is 0 Å². The van der Waals surface area contributed by atoms with Crippen LogP contribution >= 0.6 is 24.0 Å². The summed E-state index contributed by atoms with van der Waals surface area (Å²) >= 11 is 0. The van der Waals surface area contributed by atoms with Crippen LogP contribution in [-0.4, -0.2) is 42.0 Å². The average Bonchev–Trinajstić information content (AvgIpc) is 3.01. The fourth-order valence-corrected chi connectivity index (χ4v) is 2.03. The standard InChI is InChI=1S/C12H21N5O.HI/c1-12(5-3-7-18-12)9-15-11(13-2)14-8-10-4-6-16-17-10;/h4,6H,3,5,7-9H2,1-2H3,(H,16,17)(H2,13,14,15);1H. The largest absolute Gasteiger partial charge is 0.373 e. The molecule has 0 radical (unpaired) electrons. The lowest BCUT2D eigenvalue weighted by Gasteiger charge is -2.24. The van der Waals surface area contributed by atoms with Crippen molar-refractivity contribution < 1.29 is 4.74 Å². The van der Waals surface area contributed by atoms with Gasteiger partial charge in [-0.05, 0) is 25.8 Å². The molecule has 3 N–H and O–H groups in total. The number of H-pyrrole nitrogens is 1. The van der Waals surface area contributed by atoms with Crippen molar-refractivity contribution in [2.24, 2.45) is 4.99 Å². The Labute approximate surface area is 130 Å². The summed E-state index contributed by atoms with van der Waals surface area (Å²) in [7, 11) is 1.76. The number of nitrogens with one attached hydrogen (secondary N) is 3. The van der Waals surface area contributed by atoms with E-state index >= 15 is 0 Å². The first-order chi connectivity index (χ1) is 8.72. The minimum atomic E-state index is -0.0639. The quantitative estimate of drug-likeness (QED) is 0.419. The third-order valence-corrected chi connectivity index (χ3v) is 3.16. The maximum Gasteiger partial charge on any atom is 0.191 e. The van der Waals surface area contributed by atoms with Gasteiger partial charge in [0.25, 0.3) is 0 Å². The monoisotopic (exact) mass is 379 g/mol. The molecular formula is C12H22IN5O. The minimum Gasteiger partial charge on any atom is -0.373 e. The summed E-state index contributed by atoms with van der Waals surface area (Å²) < 4.78 is 5.72. The van der Waals surface area contributed by atoms with Gasteiger partial charge in [-0.1, -0.05) is 0 Å². The van der Waals surface area contributed by atoms with Gasteiger partial charge in [0.1, 0.15) is 0 Å². The van der Waals surface area contributed by atoms with Crippen molar-refractivity contribution >= 4 is 29.9 Å². The first-order valence-electron chi connectivity index (χ1n) is 6.29. The Balaban J connectivity index is 0.00000180. The number of guanidine groups is 1. The number of aromatic amines is 1. The van der Waals surface area contributed by atoms with Gasteiger partial charge in [0, 0.05) is 26.4 Å². The highest BCUT2D eigenvalue weighted by Crippen LogP contribution is 2.23. The van der Waals surface area contributed by atoms with Gasteiger partial charge < -0.3 is 15.4 Å². The normalized spacial score (nSPS) is 22.9. The van der Waals surface area contributed by atoms with Crippen LogP contribution < -0.4 is 10.6 Å². The van der Waals surface area contributed by atoms with E-state index in [-0.39, 0.29) is 29.6 Å². The summed E-state index contributed by atoms with van der Waals surface area (Å²) in [4.78, 5) is 4.18. The van der Waals surface area contributed by atoms with Crippen molar-refractivity contribution in [1.82, 2.24) is 20.8 Å². The van der Waals surface area contributed by atoms with E-state index in [0.29, 0.717) is 6.54 Å². The molecule has 7 heteroatoms. The van der Waals surface area contributed by atoms with Gasteiger partial charge in [-0.25, -0.2) is 0 Å². The molecular weight excluding hydrogens is 357 g/mol. The molecule has 0 aliphatic carbocycles. The Bertz CT molecular complexity index is 387. The van der Waals surface area contributed by atoms with Gasteiger partial charge in [-0.3, -0.25) is 10.1 Å². The van der Waals surface area contributed by atoms with E-state index in [2.05, 4.69) is 32.7 Å². The third kappa shape index (κ3) is 4.98. The smallest absolute Gasteiger partial charge is 0.191 e. The van der Waals surface area contributed by atoms with Gasteiger partial charge >= 0.3 is 0 Å². The summed E-state index contributed by atoms with van der Waals surface area (Å²) in [5, 5.41) is 13.3. The zero-order valence-corrected chi connectivity index (χ0v) is 13.7. The molecule has 1 aliphatic heterocycles. The SMILES string of the molecule is CN=C(NCc1ccn[nH]1)NCC1(C)CCCO1.I. The molecule has 1 aliphatic rings. The summed E-state index contributed by atoms with van der Waals surface area (Å²) in [5.41, 5.74) is 0.965. The number of hydrogen-bond acceptors (Lipinski definition) is 3. The van der Waals surface area contributed by atoms with Crippen LogP contribution in [0.2, 0.25) is 0 Å². The van der Waals surface area contributed by atoms with Crippen LogP contribution in [0.15, 0.2) is 17.3 Å². The lowest BCUT2D eigenvalue weighted by atomic mass is 10.0. The molecule has 1 saturated heterocycles. The first-order valence-corrected chi connectivity index (χ1v) is 6.29. The Morgan fingerprint density at radius 2 is 2.42 bits per heavy atom. The molecule has 0 spiro atoms. The van der Waals surface area contributed by atoms with E-state index in [9.17, 15) is 0 Å². The third-order valence-electron chi connectivity index (χ3n) is 3.16. The van der Waals surface area contributed by atoms with Crippen molar-refractivity contribution in [3.63, 3.8) is 0 Å². The maximum atomic E-state index is 5.72. The summed E-state index contributed by atoms with van der Waals surface area (Å²) in [5.74, 6) is 0.779. The Morgan fingerprint density at radius 1 is 1.58 bits per heavy atom.